The van der Waals surface area contributed by atoms with Gasteiger partial charge in [0.25, 0.3) is 5.91 Å². The molecule has 0 aromatic heterocycles. The van der Waals surface area contributed by atoms with E-state index in [0.717, 1.165) is 12.1 Å². The third-order valence-corrected chi connectivity index (χ3v) is 2.71. The fourth-order valence-corrected chi connectivity index (χ4v) is 1.76. The zero-order chi connectivity index (χ0) is 13.1. The van der Waals surface area contributed by atoms with Crippen LogP contribution < -0.4 is 16.6 Å². The lowest BCUT2D eigenvalue weighted by Gasteiger charge is -2.11. The Kier molecular flexibility index (Phi) is 3.73. The number of amides is 1. The van der Waals surface area contributed by atoms with Crippen molar-refractivity contribution in [2.75, 3.05) is 18.6 Å². The fourth-order valence-electron chi connectivity index (χ4n) is 1.76. The van der Waals surface area contributed by atoms with Gasteiger partial charge in [0.05, 0.1) is 12.6 Å². The van der Waals surface area contributed by atoms with Crippen LogP contribution in [-0.4, -0.2) is 25.2 Å². The number of hydrazine groups is 1. The van der Waals surface area contributed by atoms with E-state index in [-0.39, 0.29) is 11.6 Å². The van der Waals surface area contributed by atoms with Crippen LogP contribution in [0.3, 0.4) is 0 Å². The Bertz CT molecular complexity index is 439. The third kappa shape index (κ3) is 2.57. The number of anilines is 1. The SMILES string of the molecule is NNc1c(F)cc(C(=O)NC2CCOC2)cc1F. The quantitative estimate of drug-likeness (QED) is 0.552. The lowest BCUT2D eigenvalue weighted by Crippen LogP contribution is -2.35. The summed E-state index contributed by atoms with van der Waals surface area (Å²) in [4.78, 5) is 11.8. The van der Waals surface area contributed by atoms with Gasteiger partial charge in [-0.1, -0.05) is 0 Å². The summed E-state index contributed by atoms with van der Waals surface area (Å²) in [6, 6.07) is 1.75. The standard InChI is InChI=1S/C11H13F2N3O2/c12-8-3-6(4-9(13)10(8)16-14)11(17)15-7-1-2-18-5-7/h3-4,7,16H,1-2,5,14H2,(H,15,17). The molecule has 98 valence electrons. The molecule has 1 aliphatic rings. The van der Waals surface area contributed by atoms with E-state index in [1.165, 1.54) is 0 Å². The van der Waals surface area contributed by atoms with Crippen molar-refractivity contribution in [2.45, 2.75) is 12.5 Å². The van der Waals surface area contributed by atoms with Gasteiger partial charge in [-0.25, -0.2) is 8.78 Å². The van der Waals surface area contributed by atoms with Gasteiger partial charge in [0.1, 0.15) is 5.69 Å². The lowest BCUT2D eigenvalue weighted by molar-refractivity contribution is 0.0929. The van der Waals surface area contributed by atoms with Crippen LogP contribution in [0.2, 0.25) is 0 Å². The molecule has 1 heterocycles. The Morgan fingerprint density at radius 3 is 2.56 bits per heavy atom. The van der Waals surface area contributed by atoms with Crippen molar-refractivity contribution >= 4 is 11.6 Å². The molecule has 1 saturated heterocycles. The van der Waals surface area contributed by atoms with Gasteiger partial charge in [0.15, 0.2) is 11.6 Å². The van der Waals surface area contributed by atoms with Gasteiger partial charge in [0.2, 0.25) is 0 Å². The lowest BCUT2D eigenvalue weighted by atomic mass is 10.1. The van der Waals surface area contributed by atoms with Gasteiger partial charge in [0, 0.05) is 12.2 Å². The molecule has 1 unspecified atom stereocenters. The second kappa shape index (κ2) is 5.28. The van der Waals surface area contributed by atoms with E-state index in [4.69, 9.17) is 10.6 Å². The number of carbonyl (C=O) groups is 1. The van der Waals surface area contributed by atoms with Crippen molar-refractivity contribution in [1.29, 1.82) is 0 Å². The number of nitrogens with one attached hydrogen (secondary N) is 2. The van der Waals surface area contributed by atoms with Crippen molar-refractivity contribution in [3.63, 3.8) is 0 Å². The molecule has 1 aromatic rings. The first-order valence-corrected chi connectivity index (χ1v) is 5.46. The smallest absolute Gasteiger partial charge is 0.251 e. The number of carbonyl (C=O) groups excluding carboxylic acids is 1. The highest BCUT2D eigenvalue weighted by Crippen LogP contribution is 2.19. The van der Waals surface area contributed by atoms with Crippen LogP contribution in [-0.2, 0) is 4.74 Å². The van der Waals surface area contributed by atoms with Crippen LogP contribution in [0.25, 0.3) is 0 Å². The molecule has 1 aliphatic heterocycles. The first kappa shape index (κ1) is 12.7. The second-order valence-electron chi connectivity index (χ2n) is 3.99. The molecule has 1 atom stereocenters. The Labute approximate surface area is 102 Å². The third-order valence-electron chi connectivity index (χ3n) is 2.71. The number of hydrogen-bond donors (Lipinski definition) is 3. The molecule has 4 N–H and O–H groups in total. The van der Waals surface area contributed by atoms with E-state index >= 15 is 0 Å². The highest BCUT2D eigenvalue weighted by Gasteiger charge is 2.20. The van der Waals surface area contributed by atoms with Crippen molar-refractivity contribution in [3.8, 4) is 0 Å². The number of rotatable bonds is 3. The molecule has 1 aromatic carbocycles. The average Bonchev–Trinajstić information content (AvgIpc) is 2.81. The van der Waals surface area contributed by atoms with Crippen LogP contribution in [0.5, 0.6) is 0 Å². The van der Waals surface area contributed by atoms with E-state index < -0.39 is 23.2 Å². The number of nitrogens with two attached hydrogens (primary N) is 1. The summed E-state index contributed by atoms with van der Waals surface area (Å²) in [7, 11) is 0. The monoisotopic (exact) mass is 257 g/mol. The molecule has 1 fully saturated rings. The van der Waals surface area contributed by atoms with Crippen LogP contribution in [0, 0.1) is 11.6 Å². The predicted molar refractivity (Wildman–Crippen MR) is 60.9 cm³/mol. The van der Waals surface area contributed by atoms with E-state index in [1.54, 1.807) is 0 Å². The first-order chi connectivity index (χ1) is 8.61. The van der Waals surface area contributed by atoms with Crippen molar-refractivity contribution in [1.82, 2.24) is 5.32 Å². The van der Waals surface area contributed by atoms with E-state index in [1.807, 2.05) is 5.43 Å². The van der Waals surface area contributed by atoms with Crippen LogP contribution in [0.4, 0.5) is 14.5 Å². The molecule has 18 heavy (non-hydrogen) atoms. The molecular formula is C11H13F2N3O2. The average molecular weight is 257 g/mol. The molecular weight excluding hydrogens is 244 g/mol. The molecule has 7 heteroatoms. The minimum atomic E-state index is -0.912. The van der Waals surface area contributed by atoms with Gasteiger partial charge in [-0.15, -0.1) is 0 Å². The Morgan fingerprint density at radius 1 is 1.39 bits per heavy atom. The summed E-state index contributed by atoms with van der Waals surface area (Å²) in [5.74, 6) is 2.60. The summed E-state index contributed by atoms with van der Waals surface area (Å²) in [5.41, 5.74) is 1.35. The zero-order valence-corrected chi connectivity index (χ0v) is 9.50. The molecule has 0 bridgehead atoms. The van der Waals surface area contributed by atoms with Gasteiger partial charge in [-0.3, -0.25) is 10.6 Å². The summed E-state index contributed by atoms with van der Waals surface area (Å²) < 4.78 is 31.9. The van der Waals surface area contributed by atoms with Crippen LogP contribution in [0.1, 0.15) is 16.8 Å². The maximum Gasteiger partial charge on any atom is 0.251 e. The van der Waals surface area contributed by atoms with Crippen LogP contribution >= 0.6 is 0 Å². The summed E-state index contributed by atoms with van der Waals surface area (Å²) in [6.07, 6.45) is 0.694. The molecule has 0 saturated carbocycles. The van der Waals surface area contributed by atoms with E-state index in [0.29, 0.717) is 19.6 Å². The van der Waals surface area contributed by atoms with Gasteiger partial charge in [-0.05, 0) is 18.6 Å². The maximum atomic E-state index is 13.4. The van der Waals surface area contributed by atoms with Crippen LogP contribution in [0.15, 0.2) is 12.1 Å². The minimum absolute atomic E-state index is 0.0871. The van der Waals surface area contributed by atoms with Gasteiger partial charge in [-0.2, -0.15) is 0 Å². The number of hydrogen-bond acceptors (Lipinski definition) is 4. The zero-order valence-electron chi connectivity index (χ0n) is 9.50. The number of halogens is 2. The minimum Gasteiger partial charge on any atom is -0.379 e. The van der Waals surface area contributed by atoms with Crippen molar-refractivity contribution in [2.24, 2.45) is 5.84 Å². The Balaban J connectivity index is 2.15. The fraction of sp³-hybridized carbons (Fsp3) is 0.364. The molecule has 2 rings (SSSR count). The number of nitrogen functional groups attached to an aromatic ring is 1. The molecule has 1 amide bonds. The van der Waals surface area contributed by atoms with Crippen molar-refractivity contribution in [3.05, 3.63) is 29.3 Å². The van der Waals surface area contributed by atoms with Gasteiger partial charge < -0.3 is 15.5 Å². The largest absolute Gasteiger partial charge is 0.379 e. The van der Waals surface area contributed by atoms with Crippen molar-refractivity contribution < 1.29 is 18.3 Å². The highest BCUT2D eigenvalue weighted by atomic mass is 19.1. The first-order valence-electron chi connectivity index (χ1n) is 5.46. The maximum absolute atomic E-state index is 13.4. The van der Waals surface area contributed by atoms with Gasteiger partial charge >= 0.3 is 0 Å². The number of benzene rings is 1. The number of ether oxygens (including phenoxy) is 1. The Hall–Kier alpha value is -1.73. The summed E-state index contributed by atoms with van der Waals surface area (Å²) >= 11 is 0. The van der Waals surface area contributed by atoms with E-state index in [2.05, 4.69) is 5.32 Å². The topological polar surface area (TPSA) is 76.4 Å². The summed E-state index contributed by atoms with van der Waals surface area (Å²) in [6.45, 7) is 0.989. The molecule has 0 spiro atoms. The summed E-state index contributed by atoms with van der Waals surface area (Å²) in [5, 5.41) is 2.64. The molecule has 5 nitrogen and oxygen atoms in total. The second-order valence-corrected chi connectivity index (χ2v) is 3.99. The predicted octanol–water partition coefficient (Wildman–Crippen LogP) is 0.769. The highest BCUT2D eigenvalue weighted by molar-refractivity contribution is 5.94. The normalized spacial score (nSPS) is 18.7. The molecule has 0 aliphatic carbocycles. The Morgan fingerprint density at radius 2 is 2.06 bits per heavy atom. The molecule has 0 radical (unpaired) electrons. The van der Waals surface area contributed by atoms with E-state index in [9.17, 15) is 13.6 Å².